The summed E-state index contributed by atoms with van der Waals surface area (Å²) < 4.78 is 36.5. The second kappa shape index (κ2) is 13.2. The third kappa shape index (κ3) is 9.11. The fourth-order valence-electron chi connectivity index (χ4n) is 1.61. The number of para-hydroxylation sites is 1. The van der Waals surface area contributed by atoms with Crippen molar-refractivity contribution in [3.63, 3.8) is 0 Å². The summed E-state index contributed by atoms with van der Waals surface area (Å²) >= 11 is 0. The number of benzene rings is 1. The van der Waals surface area contributed by atoms with E-state index in [9.17, 15) is 4.79 Å². The summed E-state index contributed by atoms with van der Waals surface area (Å²) in [5, 5.41) is 8.76. The van der Waals surface area contributed by atoms with Crippen LogP contribution in [-0.4, -0.2) is 71.9 Å². The lowest BCUT2D eigenvalue weighted by Gasteiger charge is -2.16. The molecule has 0 aliphatic heterocycles. The molecule has 0 unspecified atom stereocenters. The van der Waals surface area contributed by atoms with Gasteiger partial charge in [0.05, 0.1) is 26.4 Å². The van der Waals surface area contributed by atoms with Crippen molar-refractivity contribution in [2.75, 3.05) is 60.8 Å². The Kier molecular flexibility index (Phi) is 11.1. The van der Waals surface area contributed by atoms with Crippen LogP contribution in [0.2, 0.25) is 0 Å². The third-order valence-corrected chi connectivity index (χ3v) is 2.74. The van der Waals surface area contributed by atoms with Gasteiger partial charge < -0.3 is 38.3 Å². The van der Waals surface area contributed by atoms with Crippen LogP contribution in [-0.2, 0) is 23.7 Å². The monoisotopic (exact) mass is 360 g/mol. The lowest BCUT2D eigenvalue weighted by molar-refractivity contribution is -0.139. The molecule has 0 radical (unpaired) electrons. The summed E-state index contributed by atoms with van der Waals surface area (Å²) in [6.07, 6.45) is 0. The number of carboxylic acids is 1. The molecule has 0 bridgehead atoms. The highest BCUT2D eigenvalue weighted by atomic mass is 16.7. The van der Waals surface area contributed by atoms with Crippen molar-refractivity contribution >= 4 is 5.97 Å². The molecule has 0 aliphatic rings. The van der Waals surface area contributed by atoms with Gasteiger partial charge in [-0.25, -0.2) is 4.79 Å². The Morgan fingerprint density at radius 2 is 1.44 bits per heavy atom. The maximum Gasteiger partial charge on any atom is 0.341 e. The fraction of sp³-hybridized carbons (Fsp3) is 0.562. The topological polar surface area (TPSA) is 102 Å². The van der Waals surface area contributed by atoms with Crippen LogP contribution in [0.25, 0.3) is 0 Å². The number of carbonyl (C=O) groups is 1. The molecule has 1 aromatic carbocycles. The van der Waals surface area contributed by atoms with E-state index in [0.717, 1.165) is 0 Å². The molecule has 9 nitrogen and oxygen atoms in total. The minimum absolute atomic E-state index is 0.0212. The molecule has 0 atom stereocenters. The van der Waals surface area contributed by atoms with Crippen molar-refractivity contribution in [3.8, 4) is 17.2 Å². The maximum absolute atomic E-state index is 10.7. The summed E-state index contributed by atoms with van der Waals surface area (Å²) in [4.78, 5) is 10.7. The zero-order valence-electron chi connectivity index (χ0n) is 14.4. The average Bonchev–Trinajstić information content (AvgIpc) is 2.60. The van der Waals surface area contributed by atoms with E-state index in [2.05, 4.69) is 0 Å². The van der Waals surface area contributed by atoms with Gasteiger partial charge in [0.1, 0.15) is 0 Å². The Balaban J connectivity index is 2.67. The molecule has 1 aromatic rings. The van der Waals surface area contributed by atoms with E-state index < -0.39 is 12.6 Å². The molecule has 9 heteroatoms. The summed E-state index contributed by atoms with van der Waals surface area (Å²) in [5.74, 6) is -0.296. The minimum atomic E-state index is -1.10. The number of hydrogen-bond donors (Lipinski definition) is 1. The van der Waals surface area contributed by atoms with Crippen LogP contribution >= 0.6 is 0 Å². The van der Waals surface area contributed by atoms with Crippen LogP contribution in [0.5, 0.6) is 17.2 Å². The number of methoxy groups -OCH3 is 2. The summed E-state index contributed by atoms with van der Waals surface area (Å²) in [6, 6.07) is 4.88. The number of hydrogen-bond acceptors (Lipinski definition) is 8. The smallest absolute Gasteiger partial charge is 0.341 e. The predicted molar refractivity (Wildman–Crippen MR) is 86.2 cm³/mol. The van der Waals surface area contributed by atoms with Gasteiger partial charge in [-0.05, 0) is 12.1 Å². The van der Waals surface area contributed by atoms with Gasteiger partial charge in [-0.1, -0.05) is 6.07 Å². The summed E-state index contributed by atoms with van der Waals surface area (Å²) in [6.45, 7) is 1.01. The zero-order valence-corrected chi connectivity index (χ0v) is 14.4. The zero-order chi connectivity index (χ0) is 18.3. The molecule has 0 aliphatic carbocycles. The normalized spacial score (nSPS) is 10.5. The van der Waals surface area contributed by atoms with Crippen LogP contribution in [0.4, 0.5) is 0 Å². The van der Waals surface area contributed by atoms with Crippen molar-refractivity contribution < 1.29 is 43.1 Å². The van der Waals surface area contributed by atoms with E-state index in [0.29, 0.717) is 32.2 Å². The van der Waals surface area contributed by atoms with Crippen molar-refractivity contribution in [2.24, 2.45) is 0 Å². The highest BCUT2D eigenvalue weighted by molar-refractivity contribution is 5.68. The first kappa shape index (κ1) is 21.0. The first-order valence-corrected chi connectivity index (χ1v) is 7.55. The lowest BCUT2D eigenvalue weighted by atomic mass is 10.3. The van der Waals surface area contributed by atoms with Crippen molar-refractivity contribution in [1.29, 1.82) is 0 Å². The molecule has 1 N–H and O–H groups in total. The fourth-order valence-corrected chi connectivity index (χ4v) is 1.61. The van der Waals surface area contributed by atoms with Crippen LogP contribution in [0, 0.1) is 0 Å². The maximum atomic E-state index is 10.7. The van der Waals surface area contributed by atoms with Crippen LogP contribution in [0.1, 0.15) is 0 Å². The van der Waals surface area contributed by atoms with Crippen LogP contribution in [0.3, 0.4) is 0 Å². The molecule has 0 heterocycles. The van der Waals surface area contributed by atoms with Gasteiger partial charge in [0.15, 0.2) is 31.7 Å². The SMILES string of the molecule is COCCOCOc1cccc(OCC(=O)O)c1OCOCCOC. The summed E-state index contributed by atoms with van der Waals surface area (Å²) in [7, 11) is 3.14. The van der Waals surface area contributed by atoms with E-state index in [1.54, 1.807) is 32.4 Å². The highest BCUT2D eigenvalue weighted by Gasteiger charge is 2.14. The number of carboxylic acid groups (broad SMARTS) is 1. The van der Waals surface area contributed by atoms with Gasteiger partial charge in [0.25, 0.3) is 0 Å². The van der Waals surface area contributed by atoms with Gasteiger partial charge in [0.2, 0.25) is 5.75 Å². The van der Waals surface area contributed by atoms with Crippen molar-refractivity contribution in [1.82, 2.24) is 0 Å². The number of ether oxygens (including phenoxy) is 7. The molecular weight excluding hydrogens is 336 g/mol. The average molecular weight is 360 g/mol. The van der Waals surface area contributed by atoms with Gasteiger partial charge in [-0.3, -0.25) is 0 Å². The van der Waals surface area contributed by atoms with Crippen molar-refractivity contribution in [2.45, 2.75) is 0 Å². The second-order valence-electron chi connectivity index (χ2n) is 4.59. The Hall–Kier alpha value is -2.07. The molecular formula is C16H24O9. The quantitative estimate of drug-likeness (QED) is 0.364. The molecule has 0 saturated carbocycles. The van der Waals surface area contributed by atoms with Crippen molar-refractivity contribution in [3.05, 3.63) is 18.2 Å². The van der Waals surface area contributed by atoms with E-state index in [1.807, 2.05) is 0 Å². The summed E-state index contributed by atoms with van der Waals surface area (Å²) in [5.41, 5.74) is 0. The van der Waals surface area contributed by atoms with Gasteiger partial charge in [-0.15, -0.1) is 0 Å². The third-order valence-electron chi connectivity index (χ3n) is 2.74. The predicted octanol–water partition coefficient (Wildman–Crippen LogP) is 1.15. The molecule has 25 heavy (non-hydrogen) atoms. The van der Waals surface area contributed by atoms with E-state index in [-0.39, 0.29) is 25.1 Å². The van der Waals surface area contributed by atoms with Crippen LogP contribution in [0.15, 0.2) is 18.2 Å². The molecule has 0 amide bonds. The van der Waals surface area contributed by atoms with Gasteiger partial charge in [-0.2, -0.15) is 0 Å². The van der Waals surface area contributed by atoms with Crippen LogP contribution < -0.4 is 14.2 Å². The van der Waals surface area contributed by atoms with Gasteiger partial charge >= 0.3 is 5.97 Å². The van der Waals surface area contributed by atoms with Gasteiger partial charge in [0, 0.05) is 14.2 Å². The number of aliphatic carboxylic acids is 1. The molecule has 1 rings (SSSR count). The highest BCUT2D eigenvalue weighted by Crippen LogP contribution is 2.37. The first-order valence-electron chi connectivity index (χ1n) is 7.55. The molecule has 0 aromatic heterocycles. The Labute approximate surface area is 146 Å². The standard InChI is InChI=1S/C16H24O9/c1-19-6-8-21-11-24-14-5-3-4-13(23-10-15(17)18)16(14)25-12-22-9-7-20-2/h3-5H,6-12H2,1-2H3,(H,17,18). The van der Waals surface area contributed by atoms with E-state index in [1.165, 1.54) is 0 Å². The second-order valence-corrected chi connectivity index (χ2v) is 4.59. The minimum Gasteiger partial charge on any atom is -0.479 e. The Morgan fingerprint density at radius 1 is 0.880 bits per heavy atom. The first-order chi connectivity index (χ1) is 12.2. The van der Waals surface area contributed by atoms with E-state index >= 15 is 0 Å². The lowest BCUT2D eigenvalue weighted by Crippen LogP contribution is -2.13. The molecule has 0 spiro atoms. The molecule has 0 saturated heterocycles. The largest absolute Gasteiger partial charge is 0.479 e. The Bertz CT molecular complexity index is 492. The number of rotatable bonds is 15. The molecule has 142 valence electrons. The Morgan fingerprint density at radius 3 is 2.00 bits per heavy atom. The van der Waals surface area contributed by atoms with E-state index in [4.69, 9.17) is 38.3 Å². The molecule has 0 fully saturated rings.